The summed E-state index contributed by atoms with van der Waals surface area (Å²) < 4.78 is 11.0. The number of aliphatic hydroxyl groups is 1. The third-order valence-electron chi connectivity index (χ3n) is 4.44. The smallest absolute Gasteiger partial charge is 0.407 e. The van der Waals surface area contributed by atoms with E-state index in [1.54, 1.807) is 45.0 Å². The lowest BCUT2D eigenvalue weighted by molar-refractivity contribution is 0.0523. The number of carbonyl (C=O) groups excluding carboxylic acids is 1. The van der Waals surface area contributed by atoms with Crippen LogP contribution in [-0.4, -0.2) is 36.5 Å². The van der Waals surface area contributed by atoms with Gasteiger partial charge in [-0.15, -0.1) is 0 Å². The minimum atomic E-state index is -0.903. The van der Waals surface area contributed by atoms with E-state index in [-0.39, 0.29) is 41.9 Å². The summed E-state index contributed by atoms with van der Waals surface area (Å²) >= 11 is 11.9. The standard InChI is InChI=1S/C21H23Cl2N5O6/c1-21(2,3)33-20(32)24-9-13-17(23)18(30)28(19(31)25-13)10-16-26-15(27-34-16)8-14(29)11-4-6-12(22)7-5-11/h4-7,14,29H,8-10H2,1-3H3,(H,24,32)(H,25,31)/t14-/m0/s1. The maximum Gasteiger partial charge on any atom is 0.407 e. The lowest BCUT2D eigenvalue weighted by atomic mass is 10.1. The fourth-order valence-electron chi connectivity index (χ4n) is 2.88. The molecule has 0 saturated carbocycles. The van der Waals surface area contributed by atoms with Gasteiger partial charge >= 0.3 is 11.8 Å². The second-order valence-corrected chi connectivity index (χ2v) is 9.16. The van der Waals surface area contributed by atoms with Gasteiger partial charge in [0.05, 0.1) is 18.3 Å². The van der Waals surface area contributed by atoms with Crippen LogP contribution >= 0.6 is 23.2 Å². The summed E-state index contributed by atoms with van der Waals surface area (Å²) in [5.74, 6) is 0.160. The van der Waals surface area contributed by atoms with E-state index in [0.29, 0.717) is 10.6 Å². The summed E-state index contributed by atoms with van der Waals surface area (Å²) in [7, 11) is 0. The molecule has 1 amide bonds. The van der Waals surface area contributed by atoms with E-state index in [9.17, 15) is 19.5 Å². The van der Waals surface area contributed by atoms with Gasteiger partial charge in [-0.05, 0) is 38.5 Å². The SMILES string of the molecule is CC(C)(C)OC(=O)NCc1[nH]c(=O)n(Cc2nc(C[C@H](O)c3ccc(Cl)cc3)no2)c(=O)c1Cl. The predicted octanol–water partition coefficient (Wildman–Crippen LogP) is 2.58. The van der Waals surface area contributed by atoms with Crippen molar-refractivity contribution >= 4 is 29.3 Å². The van der Waals surface area contributed by atoms with Crippen LogP contribution in [0.2, 0.25) is 10.0 Å². The average Bonchev–Trinajstić information content (AvgIpc) is 3.19. The Morgan fingerprint density at radius 1 is 1.26 bits per heavy atom. The molecule has 0 fully saturated rings. The van der Waals surface area contributed by atoms with Crippen molar-refractivity contribution < 1.29 is 19.2 Å². The Kier molecular flexibility index (Phi) is 7.80. The van der Waals surface area contributed by atoms with Crippen LogP contribution in [0.25, 0.3) is 0 Å². The van der Waals surface area contributed by atoms with Crippen molar-refractivity contribution in [2.75, 3.05) is 0 Å². The number of nitrogens with one attached hydrogen (secondary N) is 2. The number of aromatic amines is 1. The van der Waals surface area contributed by atoms with Crippen LogP contribution in [0.15, 0.2) is 38.4 Å². The Hall–Kier alpha value is -3.15. The number of aromatic nitrogens is 4. The van der Waals surface area contributed by atoms with Crippen molar-refractivity contribution in [1.29, 1.82) is 0 Å². The van der Waals surface area contributed by atoms with E-state index in [0.717, 1.165) is 4.57 Å². The molecule has 1 aromatic carbocycles. The van der Waals surface area contributed by atoms with Crippen molar-refractivity contribution in [3.8, 4) is 0 Å². The second-order valence-electron chi connectivity index (χ2n) is 8.35. The highest BCUT2D eigenvalue weighted by molar-refractivity contribution is 6.31. The van der Waals surface area contributed by atoms with Crippen molar-refractivity contribution in [3.63, 3.8) is 0 Å². The largest absolute Gasteiger partial charge is 0.444 e. The molecule has 182 valence electrons. The monoisotopic (exact) mass is 511 g/mol. The minimum absolute atomic E-state index is 0.0241. The summed E-state index contributed by atoms with van der Waals surface area (Å²) in [5.41, 5.74) is -1.65. The first-order valence-corrected chi connectivity index (χ1v) is 10.9. The summed E-state index contributed by atoms with van der Waals surface area (Å²) in [6.07, 6.45) is -1.58. The Balaban J connectivity index is 1.69. The highest BCUT2D eigenvalue weighted by Gasteiger charge is 2.19. The molecule has 3 rings (SSSR count). The first kappa shape index (κ1) is 25.5. The van der Waals surface area contributed by atoms with Gasteiger partial charge in [-0.3, -0.25) is 4.79 Å². The number of halogens is 2. The van der Waals surface area contributed by atoms with Crippen molar-refractivity contribution in [1.82, 2.24) is 25.0 Å². The van der Waals surface area contributed by atoms with E-state index >= 15 is 0 Å². The number of carbonyl (C=O) groups is 1. The molecule has 0 aliphatic heterocycles. The molecule has 2 heterocycles. The number of rotatable bonds is 7. The number of H-pyrrole nitrogens is 1. The minimum Gasteiger partial charge on any atom is -0.444 e. The van der Waals surface area contributed by atoms with E-state index in [2.05, 4.69) is 20.4 Å². The van der Waals surface area contributed by atoms with Crippen molar-refractivity contribution in [2.45, 2.75) is 52.0 Å². The average molecular weight is 512 g/mol. The Labute approximate surface area is 203 Å². The molecular weight excluding hydrogens is 489 g/mol. The van der Waals surface area contributed by atoms with Crippen LogP contribution in [0, 0.1) is 0 Å². The third kappa shape index (κ3) is 6.69. The molecule has 0 spiro atoms. The molecule has 3 aromatic rings. The zero-order valence-electron chi connectivity index (χ0n) is 18.6. The van der Waals surface area contributed by atoms with Gasteiger partial charge in [-0.25, -0.2) is 14.2 Å². The van der Waals surface area contributed by atoms with Crippen LogP contribution in [-0.2, 0) is 24.2 Å². The maximum absolute atomic E-state index is 12.6. The molecule has 0 saturated heterocycles. The normalized spacial score (nSPS) is 12.4. The first-order valence-electron chi connectivity index (χ1n) is 10.2. The molecular formula is C21H23Cl2N5O6. The topological polar surface area (TPSA) is 152 Å². The van der Waals surface area contributed by atoms with Gasteiger partial charge in [0.2, 0.25) is 5.89 Å². The number of aliphatic hydroxyl groups excluding tert-OH is 1. The fraction of sp³-hybridized carbons (Fsp3) is 0.381. The van der Waals surface area contributed by atoms with Gasteiger partial charge in [-0.2, -0.15) is 4.98 Å². The highest BCUT2D eigenvalue weighted by Crippen LogP contribution is 2.19. The first-order chi connectivity index (χ1) is 15.9. The van der Waals surface area contributed by atoms with Crippen molar-refractivity contribution in [2.24, 2.45) is 0 Å². The lowest BCUT2D eigenvalue weighted by Gasteiger charge is -2.19. The predicted molar refractivity (Wildman–Crippen MR) is 123 cm³/mol. The number of hydrogen-bond acceptors (Lipinski definition) is 8. The molecule has 3 N–H and O–H groups in total. The molecule has 0 aliphatic carbocycles. The van der Waals surface area contributed by atoms with E-state index in [1.807, 2.05) is 0 Å². The zero-order chi connectivity index (χ0) is 25.0. The fourth-order valence-corrected chi connectivity index (χ4v) is 3.22. The number of hydrogen-bond donors (Lipinski definition) is 3. The summed E-state index contributed by atoms with van der Waals surface area (Å²) in [5, 5.41) is 16.8. The van der Waals surface area contributed by atoms with Gasteiger partial charge in [0.15, 0.2) is 5.82 Å². The summed E-state index contributed by atoms with van der Waals surface area (Å²) in [6.45, 7) is 4.54. The molecule has 0 unspecified atom stereocenters. The number of ether oxygens (including phenoxy) is 1. The molecule has 34 heavy (non-hydrogen) atoms. The highest BCUT2D eigenvalue weighted by atomic mass is 35.5. The molecule has 13 heteroatoms. The third-order valence-corrected chi connectivity index (χ3v) is 5.09. The lowest BCUT2D eigenvalue weighted by Crippen LogP contribution is -2.39. The van der Waals surface area contributed by atoms with Gasteiger partial charge < -0.3 is 24.7 Å². The van der Waals surface area contributed by atoms with Gasteiger partial charge in [0, 0.05) is 11.4 Å². The van der Waals surface area contributed by atoms with Gasteiger partial charge in [-0.1, -0.05) is 40.5 Å². The van der Waals surface area contributed by atoms with E-state index < -0.39 is 29.0 Å². The summed E-state index contributed by atoms with van der Waals surface area (Å²) in [4.78, 5) is 43.4. The number of amides is 1. The van der Waals surface area contributed by atoms with Crippen LogP contribution in [0.1, 0.15) is 49.8 Å². The summed E-state index contributed by atoms with van der Waals surface area (Å²) in [6, 6.07) is 6.65. The molecule has 0 aliphatic rings. The maximum atomic E-state index is 12.6. The van der Waals surface area contributed by atoms with Crippen LogP contribution in [0.3, 0.4) is 0 Å². The molecule has 0 bridgehead atoms. The van der Waals surface area contributed by atoms with E-state index in [1.165, 1.54) is 0 Å². The van der Waals surface area contributed by atoms with Crippen molar-refractivity contribution in [3.05, 3.63) is 78.1 Å². The van der Waals surface area contributed by atoms with Crippen LogP contribution < -0.4 is 16.6 Å². The van der Waals surface area contributed by atoms with Gasteiger partial charge in [0.1, 0.15) is 17.2 Å². The number of benzene rings is 1. The zero-order valence-corrected chi connectivity index (χ0v) is 20.1. The molecule has 2 aromatic heterocycles. The number of nitrogens with zero attached hydrogens (tertiary/aromatic N) is 3. The number of alkyl carbamates (subject to hydrolysis) is 1. The van der Waals surface area contributed by atoms with E-state index in [4.69, 9.17) is 32.5 Å². The Morgan fingerprint density at radius 2 is 1.94 bits per heavy atom. The molecule has 11 nitrogen and oxygen atoms in total. The molecule has 0 radical (unpaired) electrons. The Morgan fingerprint density at radius 3 is 2.59 bits per heavy atom. The quantitative estimate of drug-likeness (QED) is 0.437. The molecule has 1 atom stereocenters. The Bertz CT molecular complexity index is 1280. The van der Waals surface area contributed by atoms with Gasteiger partial charge in [0.25, 0.3) is 5.56 Å². The second kappa shape index (κ2) is 10.4. The van der Waals surface area contributed by atoms with Crippen LogP contribution in [0.5, 0.6) is 0 Å². The van der Waals surface area contributed by atoms with Crippen LogP contribution in [0.4, 0.5) is 4.79 Å².